The van der Waals surface area contributed by atoms with Gasteiger partial charge in [-0.1, -0.05) is 11.6 Å². The summed E-state index contributed by atoms with van der Waals surface area (Å²) in [6.07, 6.45) is 1.86. The Kier molecular flexibility index (Phi) is 3.17. The minimum Gasteiger partial charge on any atom is -0.301 e. The fraction of sp³-hybridized carbons (Fsp3) is 0.0714. The van der Waals surface area contributed by atoms with Crippen LogP contribution in [0.4, 0.5) is 4.39 Å². The Morgan fingerprint density at radius 1 is 1.16 bits per heavy atom. The third kappa shape index (κ3) is 2.09. The highest BCUT2D eigenvalue weighted by Crippen LogP contribution is 2.28. The molecule has 0 N–H and O–H groups in total. The first-order valence-corrected chi connectivity index (χ1v) is 6.59. The highest BCUT2D eigenvalue weighted by atomic mass is 35.5. The molecule has 5 heteroatoms. The lowest BCUT2D eigenvalue weighted by atomic mass is 10.1. The van der Waals surface area contributed by atoms with Gasteiger partial charge in [0.1, 0.15) is 5.82 Å². The fourth-order valence-corrected chi connectivity index (χ4v) is 2.51. The van der Waals surface area contributed by atoms with Crippen LogP contribution >= 0.6 is 23.2 Å². The lowest BCUT2D eigenvalue weighted by Crippen LogP contribution is -1.91. The van der Waals surface area contributed by atoms with Crippen LogP contribution in [0.5, 0.6) is 0 Å². The Bertz CT molecular complexity index is 735. The number of nitrogens with zero attached hydrogens (tertiary/aromatic N) is 2. The standard InChI is InChI=1S/C14H9Cl2FN2/c15-8-12-13(9-3-5-10(17)6-4-9)18-14-11(16)2-1-7-19(12)14/h1-7H,8H2. The predicted molar refractivity (Wildman–Crippen MR) is 75.2 cm³/mol. The molecule has 1 aromatic carbocycles. The summed E-state index contributed by atoms with van der Waals surface area (Å²) in [5.41, 5.74) is 3.03. The molecule has 0 fully saturated rings. The second-order valence-electron chi connectivity index (χ2n) is 4.10. The Morgan fingerprint density at radius 2 is 1.89 bits per heavy atom. The molecule has 0 saturated heterocycles. The minimum atomic E-state index is -0.280. The van der Waals surface area contributed by atoms with Crippen LogP contribution < -0.4 is 0 Å². The summed E-state index contributed by atoms with van der Waals surface area (Å²) in [4.78, 5) is 4.51. The maximum atomic E-state index is 13.0. The van der Waals surface area contributed by atoms with Crippen molar-refractivity contribution in [3.05, 3.63) is 59.1 Å². The predicted octanol–water partition coefficient (Wildman–Crippen LogP) is 4.53. The van der Waals surface area contributed by atoms with E-state index in [4.69, 9.17) is 23.2 Å². The molecule has 0 aliphatic heterocycles. The molecule has 0 atom stereocenters. The number of pyridine rings is 1. The third-order valence-corrected chi connectivity index (χ3v) is 3.49. The molecule has 96 valence electrons. The van der Waals surface area contributed by atoms with Gasteiger partial charge in [-0.25, -0.2) is 9.37 Å². The summed E-state index contributed by atoms with van der Waals surface area (Å²) in [5.74, 6) is 0.0202. The Hall–Kier alpha value is -1.58. The van der Waals surface area contributed by atoms with Gasteiger partial charge < -0.3 is 4.40 Å². The number of halogens is 3. The van der Waals surface area contributed by atoms with Crippen LogP contribution in [0.3, 0.4) is 0 Å². The molecule has 3 rings (SSSR count). The number of alkyl halides is 1. The van der Waals surface area contributed by atoms with Gasteiger partial charge in [0.05, 0.1) is 22.3 Å². The average Bonchev–Trinajstić information content (AvgIpc) is 2.79. The lowest BCUT2D eigenvalue weighted by molar-refractivity contribution is 0.628. The smallest absolute Gasteiger partial charge is 0.156 e. The van der Waals surface area contributed by atoms with Crippen LogP contribution in [0.2, 0.25) is 5.02 Å². The lowest BCUT2D eigenvalue weighted by Gasteiger charge is -2.01. The summed E-state index contributed by atoms with van der Waals surface area (Å²) in [6, 6.07) is 9.78. The van der Waals surface area contributed by atoms with E-state index in [0.717, 1.165) is 17.0 Å². The molecule has 0 bridgehead atoms. The number of benzene rings is 1. The van der Waals surface area contributed by atoms with Crippen molar-refractivity contribution in [3.63, 3.8) is 0 Å². The molecule has 0 saturated carbocycles. The Morgan fingerprint density at radius 3 is 2.58 bits per heavy atom. The number of hydrogen-bond donors (Lipinski definition) is 0. The highest BCUT2D eigenvalue weighted by Gasteiger charge is 2.14. The summed E-state index contributed by atoms with van der Waals surface area (Å²) >= 11 is 12.1. The summed E-state index contributed by atoms with van der Waals surface area (Å²) < 4.78 is 14.8. The van der Waals surface area contributed by atoms with Crippen LogP contribution in [0, 0.1) is 5.82 Å². The van der Waals surface area contributed by atoms with Gasteiger partial charge in [-0.2, -0.15) is 0 Å². The quantitative estimate of drug-likeness (QED) is 0.635. The normalized spacial score (nSPS) is 11.1. The number of aromatic nitrogens is 2. The van der Waals surface area contributed by atoms with E-state index in [9.17, 15) is 4.39 Å². The first kappa shape index (κ1) is 12.5. The molecule has 2 nitrogen and oxygen atoms in total. The van der Waals surface area contributed by atoms with Crippen molar-refractivity contribution < 1.29 is 4.39 Å². The molecule has 3 aromatic rings. The van der Waals surface area contributed by atoms with Crippen molar-refractivity contribution in [2.24, 2.45) is 0 Å². The van der Waals surface area contributed by atoms with E-state index in [-0.39, 0.29) is 5.82 Å². The number of fused-ring (bicyclic) bond motifs is 1. The monoisotopic (exact) mass is 294 g/mol. The Labute approximate surface area is 119 Å². The van der Waals surface area contributed by atoms with E-state index in [1.165, 1.54) is 12.1 Å². The molecule has 0 amide bonds. The van der Waals surface area contributed by atoms with Gasteiger partial charge in [-0.3, -0.25) is 0 Å². The van der Waals surface area contributed by atoms with Crippen molar-refractivity contribution in [1.29, 1.82) is 0 Å². The maximum Gasteiger partial charge on any atom is 0.156 e. The van der Waals surface area contributed by atoms with Crippen molar-refractivity contribution in [2.45, 2.75) is 5.88 Å². The van der Waals surface area contributed by atoms with Crippen LogP contribution in [0.15, 0.2) is 42.6 Å². The highest BCUT2D eigenvalue weighted by molar-refractivity contribution is 6.33. The molecule has 2 aromatic heterocycles. The summed E-state index contributed by atoms with van der Waals surface area (Å²) in [7, 11) is 0. The average molecular weight is 295 g/mol. The van der Waals surface area contributed by atoms with Gasteiger partial charge >= 0.3 is 0 Å². The van der Waals surface area contributed by atoms with Gasteiger partial charge in [-0.05, 0) is 36.4 Å². The molecular weight excluding hydrogens is 286 g/mol. The van der Waals surface area contributed by atoms with Crippen molar-refractivity contribution in [2.75, 3.05) is 0 Å². The fourth-order valence-electron chi connectivity index (χ4n) is 2.05. The topological polar surface area (TPSA) is 17.3 Å². The van der Waals surface area contributed by atoms with Crippen molar-refractivity contribution in [3.8, 4) is 11.3 Å². The van der Waals surface area contributed by atoms with Gasteiger partial charge in [0.2, 0.25) is 0 Å². The summed E-state index contributed by atoms with van der Waals surface area (Å²) in [6.45, 7) is 0. The van der Waals surface area contributed by atoms with Crippen molar-refractivity contribution >= 4 is 28.8 Å². The molecule has 0 aliphatic rings. The largest absolute Gasteiger partial charge is 0.301 e. The van der Waals surface area contributed by atoms with Crippen LogP contribution in [-0.2, 0) is 5.88 Å². The van der Waals surface area contributed by atoms with E-state index in [1.54, 1.807) is 18.2 Å². The van der Waals surface area contributed by atoms with Crippen LogP contribution in [-0.4, -0.2) is 9.38 Å². The first-order valence-electron chi connectivity index (χ1n) is 5.68. The molecule has 19 heavy (non-hydrogen) atoms. The first-order chi connectivity index (χ1) is 9.20. The van der Waals surface area contributed by atoms with E-state index < -0.39 is 0 Å². The molecular formula is C14H9Cl2FN2. The van der Waals surface area contributed by atoms with E-state index >= 15 is 0 Å². The summed E-state index contributed by atoms with van der Waals surface area (Å²) in [5, 5.41) is 0.558. The maximum absolute atomic E-state index is 13.0. The van der Waals surface area contributed by atoms with E-state index in [0.29, 0.717) is 16.5 Å². The second kappa shape index (κ2) is 4.83. The molecule has 0 aliphatic carbocycles. The van der Waals surface area contributed by atoms with Crippen LogP contribution in [0.25, 0.3) is 16.9 Å². The zero-order valence-corrected chi connectivity index (χ0v) is 11.3. The number of hydrogen-bond acceptors (Lipinski definition) is 1. The molecule has 0 radical (unpaired) electrons. The van der Waals surface area contributed by atoms with Crippen molar-refractivity contribution in [1.82, 2.24) is 9.38 Å². The van der Waals surface area contributed by atoms with E-state index in [2.05, 4.69) is 4.98 Å². The molecule has 0 spiro atoms. The zero-order chi connectivity index (χ0) is 13.4. The SMILES string of the molecule is Fc1ccc(-c2nc3c(Cl)cccn3c2CCl)cc1. The van der Waals surface area contributed by atoms with Gasteiger partial charge in [-0.15, -0.1) is 11.6 Å². The second-order valence-corrected chi connectivity index (χ2v) is 4.77. The van der Waals surface area contributed by atoms with Gasteiger partial charge in [0, 0.05) is 11.8 Å². The van der Waals surface area contributed by atoms with Gasteiger partial charge in [0.25, 0.3) is 0 Å². The zero-order valence-electron chi connectivity index (χ0n) is 9.78. The minimum absolute atomic E-state index is 0.280. The molecule has 0 unspecified atom stereocenters. The van der Waals surface area contributed by atoms with Crippen LogP contribution in [0.1, 0.15) is 5.69 Å². The Balaban J connectivity index is 2.29. The third-order valence-electron chi connectivity index (χ3n) is 2.95. The van der Waals surface area contributed by atoms with Gasteiger partial charge in [0.15, 0.2) is 5.65 Å². The molecule has 2 heterocycles. The van der Waals surface area contributed by atoms with E-state index in [1.807, 2.05) is 16.7 Å². The number of rotatable bonds is 2. The number of imidazole rings is 1.